The maximum absolute atomic E-state index is 8.26. The summed E-state index contributed by atoms with van der Waals surface area (Å²) < 4.78 is 8.26. The molecule has 1 nitrogen and oxygen atoms in total. The second kappa shape index (κ2) is 20.0. The van der Waals surface area contributed by atoms with Gasteiger partial charge in [-0.2, -0.15) is 0 Å². The van der Waals surface area contributed by atoms with Gasteiger partial charge in [-0.25, -0.2) is 0 Å². The molecule has 27 valence electrons. The van der Waals surface area contributed by atoms with Gasteiger partial charge in [0.2, 0.25) is 0 Å². The van der Waals surface area contributed by atoms with Crippen LogP contribution in [0.2, 0.25) is 0 Å². The summed E-state index contributed by atoms with van der Waals surface area (Å²) >= 11 is 0.700. The minimum atomic E-state index is 0. The Morgan fingerprint density at radius 3 is 1.25 bits per heavy atom. The van der Waals surface area contributed by atoms with Crippen LogP contribution in [0, 0.1) is 0 Å². The molecule has 0 bridgehead atoms. The van der Waals surface area contributed by atoms with Gasteiger partial charge in [-0.1, -0.05) is 0 Å². The van der Waals surface area contributed by atoms with Crippen LogP contribution in [0.25, 0.3) is 0 Å². The molecular formula is H3BiMnOTe. The van der Waals surface area contributed by atoms with Gasteiger partial charge in [0.25, 0.3) is 0 Å². The molecule has 0 aromatic heterocycles. The van der Waals surface area contributed by atoms with Crippen LogP contribution in [0.5, 0.6) is 0 Å². The van der Waals surface area contributed by atoms with Gasteiger partial charge < -0.3 is 0 Å². The minimum Gasteiger partial charge on any atom is 0 e. The van der Waals surface area contributed by atoms with Gasteiger partial charge in [0, 0.05) is 17.1 Å². The van der Waals surface area contributed by atoms with Crippen LogP contribution in [0.1, 0.15) is 0 Å². The van der Waals surface area contributed by atoms with Crippen LogP contribution < -0.4 is 0 Å². The molecule has 4 heteroatoms. The fourth-order valence-corrected chi connectivity index (χ4v) is 0. The third-order valence-electron chi connectivity index (χ3n) is 0. The van der Waals surface area contributed by atoms with Gasteiger partial charge >= 0.3 is 51.6 Å². The summed E-state index contributed by atoms with van der Waals surface area (Å²) in [6.45, 7) is 0. The molecule has 0 unspecified atom stereocenters. The number of hydrogen-bond donors (Lipinski definition) is 0. The molecule has 0 aliphatic carbocycles. The van der Waals surface area contributed by atoms with Crippen molar-refractivity contribution >= 4 is 48.5 Å². The van der Waals surface area contributed by atoms with Gasteiger partial charge in [0.05, 0.1) is 0 Å². The summed E-state index contributed by atoms with van der Waals surface area (Å²) in [7, 11) is 0. The van der Waals surface area contributed by atoms with Crippen LogP contribution in [0.15, 0.2) is 0 Å². The predicted octanol–water partition coefficient (Wildman–Crippen LogP) is -1.69. The molecule has 0 saturated heterocycles. The number of rotatable bonds is 0. The molecule has 0 amide bonds. The van der Waals surface area contributed by atoms with Gasteiger partial charge in [0.1, 0.15) is 0 Å². The molecule has 4 heavy (non-hydrogen) atoms. The van der Waals surface area contributed by atoms with E-state index in [0.29, 0.717) is 22.3 Å². The van der Waals surface area contributed by atoms with Crippen molar-refractivity contribution in [2.75, 3.05) is 0 Å². The Morgan fingerprint density at radius 1 is 1.25 bits per heavy atom. The van der Waals surface area contributed by atoms with Crippen LogP contribution in [-0.2, 0) is 20.2 Å². The minimum absolute atomic E-state index is 0. The van der Waals surface area contributed by atoms with Crippen LogP contribution in [0.4, 0.5) is 0 Å². The first-order valence-electron chi connectivity index (χ1n) is 0.167. The average molecular weight is 411 g/mol. The summed E-state index contributed by atoms with van der Waals surface area (Å²) in [5.74, 6) is 0. The topological polar surface area (TPSA) is 17.1 Å². The molecule has 0 atom stereocenters. The maximum atomic E-state index is 8.26. The SMILES string of the molecule is O=[Te].[BiH3].[Mn]. The zero-order valence-corrected chi connectivity index (χ0v) is 10.9. The monoisotopic (exact) mass is 413 g/mol. The molecule has 0 heterocycles. The van der Waals surface area contributed by atoms with Crippen molar-refractivity contribution in [3.05, 3.63) is 0 Å². The Labute approximate surface area is 67.8 Å². The molecular weight excluding hydrogens is 408 g/mol. The summed E-state index contributed by atoms with van der Waals surface area (Å²) in [6, 6.07) is 0. The first-order valence-corrected chi connectivity index (χ1v) is 1.12. The summed E-state index contributed by atoms with van der Waals surface area (Å²) in [6.07, 6.45) is 0. The quantitative estimate of drug-likeness (QED) is 0.436. The largest absolute Gasteiger partial charge is 0 e. The van der Waals surface area contributed by atoms with E-state index in [1.54, 1.807) is 0 Å². The van der Waals surface area contributed by atoms with E-state index in [1.807, 2.05) is 0 Å². The van der Waals surface area contributed by atoms with Crippen molar-refractivity contribution in [1.82, 2.24) is 0 Å². The van der Waals surface area contributed by atoms with Crippen molar-refractivity contribution in [3.63, 3.8) is 0 Å². The molecule has 0 fully saturated rings. The Morgan fingerprint density at radius 2 is 1.25 bits per heavy atom. The molecule has 0 rings (SSSR count). The molecule has 0 saturated carbocycles. The van der Waals surface area contributed by atoms with Gasteiger partial charge in [-0.15, -0.1) is 0 Å². The zero-order chi connectivity index (χ0) is 2.00. The molecule has 0 spiro atoms. The Balaban J connectivity index is -0.00000000500. The first-order chi connectivity index (χ1) is 1.00. The maximum Gasteiger partial charge on any atom is 0 e. The van der Waals surface area contributed by atoms with Crippen molar-refractivity contribution in [3.8, 4) is 0 Å². The Kier molecular flexibility index (Phi) is 83.6. The van der Waals surface area contributed by atoms with Crippen molar-refractivity contribution in [1.29, 1.82) is 0 Å². The van der Waals surface area contributed by atoms with Crippen LogP contribution in [-0.4, -0.2) is 48.5 Å². The van der Waals surface area contributed by atoms with Gasteiger partial charge in [0.15, 0.2) is 0 Å². The van der Waals surface area contributed by atoms with Crippen molar-refractivity contribution in [2.45, 2.75) is 0 Å². The van der Waals surface area contributed by atoms with Gasteiger partial charge in [-0.3, -0.25) is 0 Å². The third-order valence-corrected chi connectivity index (χ3v) is 0. The first kappa shape index (κ1) is 16.7. The smallest absolute Gasteiger partial charge is 0 e. The van der Waals surface area contributed by atoms with Crippen molar-refractivity contribution in [2.24, 2.45) is 0 Å². The van der Waals surface area contributed by atoms with E-state index in [4.69, 9.17) is 3.10 Å². The van der Waals surface area contributed by atoms with Crippen LogP contribution >= 0.6 is 0 Å². The number of hydrogen-bond acceptors (Lipinski definition) is 1. The average Bonchev–Trinajstić information content (AvgIpc) is 1.00. The van der Waals surface area contributed by atoms with E-state index in [0.717, 1.165) is 0 Å². The Hall–Kier alpha value is 1.99. The summed E-state index contributed by atoms with van der Waals surface area (Å²) in [4.78, 5) is 0. The van der Waals surface area contributed by atoms with E-state index in [1.165, 1.54) is 0 Å². The third kappa shape index (κ3) is 9.01. The van der Waals surface area contributed by atoms with E-state index < -0.39 is 0 Å². The standard InChI is InChI=1S/Bi.Mn.OTe.3H/c;;1-2;;;. The normalized spacial score (nSPS) is 1.00. The van der Waals surface area contributed by atoms with E-state index in [9.17, 15) is 0 Å². The molecule has 0 aromatic rings. The zero-order valence-electron chi connectivity index (χ0n) is 1.90. The summed E-state index contributed by atoms with van der Waals surface area (Å²) in [5.41, 5.74) is 0. The molecule has 0 aliphatic heterocycles. The molecule has 0 aromatic carbocycles. The van der Waals surface area contributed by atoms with E-state index >= 15 is 0 Å². The molecule has 0 aliphatic rings. The van der Waals surface area contributed by atoms with Crippen LogP contribution in [0.3, 0.4) is 0 Å². The molecule has 0 N–H and O–H groups in total. The van der Waals surface area contributed by atoms with E-state index in [2.05, 4.69) is 0 Å². The Bertz CT molecular complexity index is 8.00. The fraction of sp³-hybridized carbons (Fsp3) is 0. The summed E-state index contributed by atoms with van der Waals surface area (Å²) in [5, 5.41) is 0. The second-order valence-corrected chi connectivity index (χ2v) is 0. The predicted molar refractivity (Wildman–Crippen MR) is 16.4 cm³/mol. The molecule has 1 radical (unpaired) electrons. The van der Waals surface area contributed by atoms with Gasteiger partial charge in [-0.05, 0) is 0 Å². The second-order valence-electron chi connectivity index (χ2n) is 0. The van der Waals surface area contributed by atoms with Crippen molar-refractivity contribution < 1.29 is 20.2 Å². The fourth-order valence-electron chi connectivity index (χ4n) is 0. The van der Waals surface area contributed by atoms with E-state index in [-0.39, 0.29) is 43.3 Å².